The maximum absolute atomic E-state index is 13.1. The van der Waals surface area contributed by atoms with Gasteiger partial charge in [0.25, 0.3) is 0 Å². The van der Waals surface area contributed by atoms with E-state index >= 15 is 0 Å². The molecule has 1 amide bonds. The first-order chi connectivity index (χ1) is 20.5. The fourth-order valence-corrected chi connectivity index (χ4v) is 8.05. The van der Waals surface area contributed by atoms with Crippen molar-refractivity contribution in [3.63, 3.8) is 0 Å². The van der Waals surface area contributed by atoms with Crippen molar-refractivity contribution in [2.45, 2.75) is 47.7 Å². The number of ether oxygens (including phenoxy) is 2. The zero-order valence-corrected chi connectivity index (χ0v) is 25.3. The van der Waals surface area contributed by atoms with Gasteiger partial charge in [0.1, 0.15) is 28.8 Å². The fraction of sp³-hybridized carbons (Fsp3) is 0.257. The molecule has 5 nitrogen and oxygen atoms in total. The average Bonchev–Trinajstić information content (AvgIpc) is 3.02. The molecule has 214 valence electrons. The molecule has 2 heterocycles. The largest absolute Gasteiger partial charge is 0.457 e. The Morgan fingerprint density at radius 1 is 0.643 bits per heavy atom. The van der Waals surface area contributed by atoms with E-state index < -0.39 is 0 Å². The summed E-state index contributed by atoms with van der Waals surface area (Å²) in [5.74, 6) is 3.52. The predicted octanol–water partition coefficient (Wildman–Crippen LogP) is 8.49. The minimum absolute atomic E-state index is 0.00630. The molecule has 4 aromatic rings. The van der Waals surface area contributed by atoms with Crippen molar-refractivity contribution < 1.29 is 19.1 Å². The molecule has 2 atom stereocenters. The first kappa shape index (κ1) is 28.4. The quantitative estimate of drug-likeness (QED) is 0.186. The number of hydrogen-bond acceptors (Lipinski definition) is 6. The summed E-state index contributed by atoms with van der Waals surface area (Å²) in [5, 5.41) is 2.63. The Morgan fingerprint density at radius 3 is 1.45 bits per heavy atom. The van der Waals surface area contributed by atoms with E-state index in [4.69, 9.17) is 9.47 Å². The summed E-state index contributed by atoms with van der Waals surface area (Å²) in [7, 11) is 0. The first-order valence-electron chi connectivity index (χ1n) is 14.3. The van der Waals surface area contributed by atoms with E-state index in [1.165, 1.54) is 0 Å². The van der Waals surface area contributed by atoms with Crippen LogP contribution in [0, 0.1) is 0 Å². The van der Waals surface area contributed by atoms with Crippen molar-refractivity contribution in [1.82, 2.24) is 5.32 Å². The van der Waals surface area contributed by atoms with Crippen LogP contribution in [0.5, 0.6) is 23.0 Å². The van der Waals surface area contributed by atoms with E-state index in [0.29, 0.717) is 19.4 Å². The highest BCUT2D eigenvalue weighted by molar-refractivity contribution is 8.01. The molecular weight excluding hydrogens is 563 g/mol. The van der Waals surface area contributed by atoms with E-state index in [9.17, 15) is 9.59 Å². The number of fused-ring (bicyclic) bond motifs is 4. The Kier molecular flexibility index (Phi) is 8.58. The molecule has 0 saturated heterocycles. The lowest BCUT2D eigenvalue weighted by molar-refractivity contribution is -0.121. The second kappa shape index (κ2) is 12.7. The molecule has 2 unspecified atom stereocenters. The second-order valence-corrected chi connectivity index (χ2v) is 13.4. The van der Waals surface area contributed by atoms with E-state index in [2.05, 4.69) is 29.6 Å². The number of nitrogens with one attached hydrogen (secondary N) is 1. The van der Waals surface area contributed by atoms with Gasteiger partial charge in [-0.25, -0.2) is 0 Å². The topological polar surface area (TPSA) is 64.6 Å². The van der Waals surface area contributed by atoms with E-state index in [0.717, 1.165) is 45.3 Å². The Labute approximate surface area is 255 Å². The standard InChI is InChI=1S/C35H33NO4S2/c1-22(41-33-24-12-3-7-17-29(24)39-30-18-8-4-13-25(30)33)28(37)16-11-21-36-35(38)23(2)42-34-26-14-5-9-19-31(26)40-32-20-10-6-15-27(32)34/h3-10,12-15,17-20,22-23,33-34H,11,16,21H2,1-2H3,(H,36,38). The number of rotatable bonds is 10. The second-order valence-electron chi connectivity index (χ2n) is 10.5. The van der Waals surface area contributed by atoms with E-state index in [-0.39, 0.29) is 32.7 Å². The SMILES string of the molecule is CC(SC1c2ccccc2Oc2ccccc21)C(=O)CCCNC(=O)C(C)SC1c2ccccc2Oc2ccccc21. The Morgan fingerprint density at radius 2 is 1.02 bits per heavy atom. The van der Waals surface area contributed by atoms with Crippen molar-refractivity contribution >= 4 is 35.2 Å². The molecule has 0 bridgehead atoms. The van der Waals surface area contributed by atoms with Crippen molar-refractivity contribution in [3.8, 4) is 23.0 Å². The average molecular weight is 596 g/mol. The summed E-state index contributed by atoms with van der Waals surface area (Å²) in [5.41, 5.74) is 4.34. The van der Waals surface area contributed by atoms with Crippen LogP contribution in [0.2, 0.25) is 0 Å². The molecule has 2 aliphatic heterocycles. The van der Waals surface area contributed by atoms with Crippen molar-refractivity contribution in [3.05, 3.63) is 119 Å². The van der Waals surface area contributed by atoms with Crippen molar-refractivity contribution in [2.24, 2.45) is 0 Å². The predicted molar refractivity (Wildman–Crippen MR) is 171 cm³/mol. The van der Waals surface area contributed by atoms with Crippen molar-refractivity contribution in [2.75, 3.05) is 6.54 Å². The highest BCUT2D eigenvalue weighted by Gasteiger charge is 2.32. The smallest absolute Gasteiger partial charge is 0.232 e. The van der Waals surface area contributed by atoms with Gasteiger partial charge >= 0.3 is 0 Å². The van der Waals surface area contributed by atoms with Gasteiger partial charge in [-0.15, -0.1) is 23.5 Å². The molecule has 1 N–H and O–H groups in total. The third-order valence-corrected chi connectivity index (χ3v) is 10.5. The van der Waals surface area contributed by atoms with Crippen LogP contribution < -0.4 is 14.8 Å². The third kappa shape index (κ3) is 5.94. The fourth-order valence-electron chi connectivity index (χ4n) is 5.39. The molecule has 7 heteroatoms. The number of ketones is 1. The minimum Gasteiger partial charge on any atom is -0.457 e. The molecular formula is C35H33NO4S2. The first-order valence-corrected chi connectivity index (χ1v) is 16.2. The summed E-state index contributed by atoms with van der Waals surface area (Å²) < 4.78 is 12.2. The Bertz CT molecular complexity index is 1400. The molecule has 0 saturated carbocycles. The van der Waals surface area contributed by atoms with Gasteiger partial charge in [-0.2, -0.15) is 0 Å². The highest BCUT2D eigenvalue weighted by Crippen LogP contribution is 2.51. The maximum atomic E-state index is 13.1. The number of benzene rings is 4. The van der Waals surface area contributed by atoms with Crippen LogP contribution in [-0.2, 0) is 9.59 Å². The Balaban J connectivity index is 1.01. The summed E-state index contributed by atoms with van der Waals surface area (Å²) in [6.45, 7) is 4.39. The number of Topliss-reactive ketones (excluding diaryl/α,β-unsaturated/α-hetero) is 1. The lowest BCUT2D eigenvalue weighted by atomic mass is 10.00. The van der Waals surface area contributed by atoms with Crippen LogP contribution in [0.15, 0.2) is 97.1 Å². The lowest BCUT2D eigenvalue weighted by Gasteiger charge is -2.29. The molecule has 2 aliphatic rings. The van der Waals surface area contributed by atoms with Crippen LogP contribution in [0.4, 0.5) is 0 Å². The van der Waals surface area contributed by atoms with Gasteiger partial charge in [-0.05, 0) is 44.5 Å². The number of carbonyl (C=O) groups is 2. The summed E-state index contributed by atoms with van der Waals surface area (Å²) in [6, 6.07) is 32.1. The number of thioether (sulfide) groups is 2. The van der Waals surface area contributed by atoms with Gasteiger partial charge in [-0.3, -0.25) is 9.59 Å². The van der Waals surface area contributed by atoms with Crippen molar-refractivity contribution in [1.29, 1.82) is 0 Å². The van der Waals surface area contributed by atoms with Gasteiger partial charge in [0.15, 0.2) is 0 Å². The van der Waals surface area contributed by atoms with E-state index in [1.54, 1.807) is 23.5 Å². The van der Waals surface area contributed by atoms with E-state index in [1.807, 2.05) is 86.6 Å². The van der Waals surface area contributed by atoms with Gasteiger partial charge < -0.3 is 14.8 Å². The van der Waals surface area contributed by atoms with Gasteiger partial charge in [0, 0.05) is 35.2 Å². The van der Waals surface area contributed by atoms with Crippen LogP contribution in [0.1, 0.15) is 59.4 Å². The molecule has 0 aromatic heterocycles. The molecule has 0 spiro atoms. The summed E-state index contributed by atoms with van der Waals surface area (Å²) in [4.78, 5) is 26.2. The van der Waals surface area contributed by atoms with Gasteiger partial charge in [0.05, 0.1) is 21.0 Å². The third-order valence-electron chi connectivity index (χ3n) is 7.65. The van der Waals surface area contributed by atoms with Crippen LogP contribution >= 0.6 is 23.5 Å². The monoisotopic (exact) mass is 595 g/mol. The van der Waals surface area contributed by atoms with Crippen LogP contribution in [0.25, 0.3) is 0 Å². The molecule has 42 heavy (non-hydrogen) atoms. The number of para-hydroxylation sites is 4. The molecule has 6 rings (SSSR count). The summed E-state index contributed by atoms with van der Waals surface area (Å²) >= 11 is 3.28. The number of carbonyl (C=O) groups excluding carboxylic acids is 2. The minimum atomic E-state index is -0.270. The zero-order valence-electron chi connectivity index (χ0n) is 23.6. The molecule has 0 aliphatic carbocycles. The molecule has 4 aromatic carbocycles. The van der Waals surface area contributed by atoms with Gasteiger partial charge in [-0.1, -0.05) is 72.8 Å². The van der Waals surface area contributed by atoms with Crippen LogP contribution in [0.3, 0.4) is 0 Å². The molecule has 0 fully saturated rings. The van der Waals surface area contributed by atoms with Gasteiger partial charge in [0.2, 0.25) is 5.91 Å². The maximum Gasteiger partial charge on any atom is 0.232 e. The highest BCUT2D eigenvalue weighted by atomic mass is 32.2. The number of hydrogen-bond donors (Lipinski definition) is 1. The number of amides is 1. The lowest BCUT2D eigenvalue weighted by Crippen LogP contribution is -2.32. The Hall–Kier alpha value is -3.68. The normalized spacial score (nSPS) is 15.1. The molecule has 0 radical (unpaired) electrons. The zero-order chi connectivity index (χ0) is 29.1. The van der Waals surface area contributed by atoms with Crippen LogP contribution in [-0.4, -0.2) is 28.7 Å². The summed E-state index contributed by atoms with van der Waals surface area (Å²) in [6.07, 6.45) is 1.03.